The van der Waals surface area contributed by atoms with E-state index in [0.29, 0.717) is 0 Å². The molecule has 36 heavy (non-hydrogen) atoms. The quantitative estimate of drug-likeness (QED) is 0.291. The maximum absolute atomic E-state index is 4.87. The lowest BCUT2D eigenvalue weighted by Crippen LogP contribution is -2.20. The van der Waals surface area contributed by atoms with Crippen LogP contribution in [-0.4, -0.2) is 48.9 Å². The molecule has 0 amide bonds. The highest BCUT2D eigenvalue weighted by molar-refractivity contribution is 5.63. The molecular weight excluding hydrogens is 444 g/mol. The Morgan fingerprint density at radius 2 is 1.56 bits per heavy atom. The van der Waals surface area contributed by atoms with E-state index in [-0.39, 0.29) is 0 Å². The monoisotopic (exact) mass is 476 g/mol. The summed E-state index contributed by atoms with van der Waals surface area (Å²) in [5.41, 5.74) is 6.93. The lowest BCUT2D eigenvalue weighted by molar-refractivity contribution is 0.334. The number of benzene rings is 2. The molecule has 1 aliphatic heterocycles. The van der Waals surface area contributed by atoms with Gasteiger partial charge in [0.1, 0.15) is 0 Å². The summed E-state index contributed by atoms with van der Waals surface area (Å²) in [6.07, 6.45) is 9.64. The van der Waals surface area contributed by atoms with Crippen LogP contribution < -0.4 is 0 Å². The first kappa shape index (κ1) is 22.7. The van der Waals surface area contributed by atoms with Crippen molar-refractivity contribution in [2.24, 2.45) is 0 Å². The number of pyridine rings is 1. The van der Waals surface area contributed by atoms with Gasteiger partial charge in [0.25, 0.3) is 0 Å². The maximum Gasteiger partial charge on any atom is 0.156 e. The van der Waals surface area contributed by atoms with Gasteiger partial charge >= 0.3 is 0 Å². The van der Waals surface area contributed by atoms with Crippen molar-refractivity contribution in [3.8, 4) is 11.3 Å². The molecule has 0 aliphatic carbocycles. The lowest BCUT2D eigenvalue weighted by Gasteiger charge is -2.13. The molecular formula is C30H32N6. The van der Waals surface area contributed by atoms with Crippen molar-refractivity contribution in [3.05, 3.63) is 108 Å². The first-order valence-electron chi connectivity index (χ1n) is 13.0. The lowest BCUT2D eigenvalue weighted by atomic mass is 10.1. The van der Waals surface area contributed by atoms with Gasteiger partial charge in [-0.05, 0) is 80.2 Å². The van der Waals surface area contributed by atoms with Gasteiger partial charge in [0.05, 0.1) is 12.2 Å². The summed E-state index contributed by atoms with van der Waals surface area (Å²) in [4.78, 5) is 7.40. The third kappa shape index (κ3) is 5.24. The number of likely N-dealkylation sites (tertiary alicyclic amines) is 1. The minimum atomic E-state index is 0.734. The van der Waals surface area contributed by atoms with E-state index in [1.807, 2.05) is 33.7 Å². The fraction of sp³-hybridized carbons (Fsp3) is 0.300. The second kappa shape index (κ2) is 10.5. The highest BCUT2D eigenvalue weighted by Crippen LogP contribution is 2.22. The van der Waals surface area contributed by atoms with Gasteiger partial charge in [0.15, 0.2) is 11.5 Å². The van der Waals surface area contributed by atoms with Crippen LogP contribution in [0.1, 0.15) is 41.8 Å². The molecule has 2 aromatic carbocycles. The number of nitrogens with zero attached hydrogens (tertiary/aromatic N) is 6. The predicted molar refractivity (Wildman–Crippen MR) is 143 cm³/mol. The number of hydrogen-bond acceptors (Lipinski definition) is 4. The normalized spacial score (nSPS) is 14.1. The Balaban J connectivity index is 1.13. The van der Waals surface area contributed by atoms with Gasteiger partial charge in [-0.2, -0.15) is 10.2 Å². The number of aromatic nitrogens is 5. The van der Waals surface area contributed by atoms with Crippen LogP contribution >= 0.6 is 0 Å². The van der Waals surface area contributed by atoms with Gasteiger partial charge < -0.3 is 4.90 Å². The summed E-state index contributed by atoms with van der Waals surface area (Å²) in [6, 6.07) is 25.7. The molecule has 1 aliphatic rings. The molecule has 5 aromatic rings. The van der Waals surface area contributed by atoms with Gasteiger partial charge in [-0.1, -0.05) is 54.6 Å². The molecule has 0 radical (unpaired) electrons. The van der Waals surface area contributed by atoms with Gasteiger partial charge in [-0.3, -0.25) is 4.68 Å². The van der Waals surface area contributed by atoms with E-state index in [1.54, 1.807) is 0 Å². The molecule has 6 heteroatoms. The molecule has 0 unspecified atom stereocenters. The van der Waals surface area contributed by atoms with Crippen molar-refractivity contribution < 1.29 is 0 Å². The molecule has 6 rings (SSSR count). The fourth-order valence-electron chi connectivity index (χ4n) is 5.12. The Bertz CT molecular complexity index is 1390. The highest BCUT2D eigenvalue weighted by Gasteiger charge is 2.12. The molecule has 0 atom stereocenters. The van der Waals surface area contributed by atoms with Gasteiger partial charge in [0, 0.05) is 24.4 Å². The zero-order valence-corrected chi connectivity index (χ0v) is 20.6. The molecule has 0 bridgehead atoms. The zero-order valence-electron chi connectivity index (χ0n) is 20.6. The molecule has 1 fully saturated rings. The summed E-state index contributed by atoms with van der Waals surface area (Å²) >= 11 is 0. The van der Waals surface area contributed by atoms with E-state index in [4.69, 9.17) is 10.1 Å². The van der Waals surface area contributed by atoms with Crippen LogP contribution in [0, 0.1) is 0 Å². The van der Waals surface area contributed by atoms with Gasteiger partial charge in [-0.25, -0.2) is 9.50 Å². The average Bonchev–Trinajstić information content (AvgIpc) is 3.68. The van der Waals surface area contributed by atoms with E-state index < -0.39 is 0 Å². The van der Waals surface area contributed by atoms with E-state index in [9.17, 15) is 0 Å². The predicted octanol–water partition coefficient (Wildman–Crippen LogP) is 5.26. The van der Waals surface area contributed by atoms with Crippen molar-refractivity contribution in [1.82, 2.24) is 29.3 Å². The van der Waals surface area contributed by atoms with E-state index in [0.717, 1.165) is 42.1 Å². The molecule has 0 spiro atoms. The number of aryl methyl sites for hydroxylation is 1. The second-order valence-electron chi connectivity index (χ2n) is 9.76. The molecule has 4 heterocycles. The summed E-state index contributed by atoms with van der Waals surface area (Å²) in [6.45, 7) is 4.55. The third-order valence-electron chi connectivity index (χ3n) is 7.08. The van der Waals surface area contributed by atoms with Crippen LogP contribution in [0.5, 0.6) is 0 Å². The maximum atomic E-state index is 4.87. The van der Waals surface area contributed by atoms with Crippen LogP contribution in [0.4, 0.5) is 0 Å². The Hall–Kier alpha value is -3.77. The summed E-state index contributed by atoms with van der Waals surface area (Å²) < 4.78 is 3.89. The number of fused-ring (bicyclic) bond motifs is 1. The van der Waals surface area contributed by atoms with Crippen molar-refractivity contribution in [2.45, 2.75) is 38.6 Å². The first-order chi connectivity index (χ1) is 17.8. The zero-order chi connectivity index (χ0) is 24.2. The van der Waals surface area contributed by atoms with Crippen LogP contribution in [0.25, 0.3) is 16.9 Å². The van der Waals surface area contributed by atoms with Crippen LogP contribution in [0.15, 0.2) is 85.2 Å². The summed E-state index contributed by atoms with van der Waals surface area (Å²) in [7, 11) is 0. The summed E-state index contributed by atoms with van der Waals surface area (Å²) in [5, 5.41) is 9.16. The highest BCUT2D eigenvalue weighted by atomic mass is 15.3. The van der Waals surface area contributed by atoms with Crippen molar-refractivity contribution in [2.75, 3.05) is 19.6 Å². The van der Waals surface area contributed by atoms with Crippen molar-refractivity contribution in [1.29, 1.82) is 0 Å². The standard InChI is InChI=1S/C30H32N6/c1-2-19-34(18-1)20-4-6-24-9-11-25(12-10-24)22-29-32-30-8-3-7-28(36(30)33-29)27-15-13-26(14-16-27)23-35-21-5-17-31-35/h3,5,7-17,21H,1-2,4,6,18-20,22-23H2. The fourth-order valence-corrected chi connectivity index (χ4v) is 5.12. The van der Waals surface area contributed by atoms with Crippen molar-refractivity contribution >= 4 is 5.65 Å². The van der Waals surface area contributed by atoms with Crippen LogP contribution in [0.2, 0.25) is 0 Å². The van der Waals surface area contributed by atoms with E-state index in [1.165, 1.54) is 55.6 Å². The summed E-state index contributed by atoms with van der Waals surface area (Å²) in [5.74, 6) is 0.847. The average molecular weight is 477 g/mol. The second-order valence-corrected chi connectivity index (χ2v) is 9.76. The minimum Gasteiger partial charge on any atom is -0.303 e. The minimum absolute atomic E-state index is 0.734. The van der Waals surface area contributed by atoms with Crippen molar-refractivity contribution in [3.63, 3.8) is 0 Å². The van der Waals surface area contributed by atoms with Crippen LogP contribution in [-0.2, 0) is 19.4 Å². The molecule has 0 N–H and O–H groups in total. The molecule has 0 saturated carbocycles. The first-order valence-corrected chi connectivity index (χ1v) is 13.0. The Labute approximate surface area is 212 Å². The molecule has 1 saturated heterocycles. The third-order valence-corrected chi connectivity index (χ3v) is 7.08. The Kier molecular flexibility index (Phi) is 6.59. The Morgan fingerprint density at radius 1 is 0.778 bits per heavy atom. The smallest absolute Gasteiger partial charge is 0.156 e. The van der Waals surface area contributed by atoms with Gasteiger partial charge in [0.2, 0.25) is 0 Å². The van der Waals surface area contributed by atoms with E-state index >= 15 is 0 Å². The topological polar surface area (TPSA) is 51.3 Å². The largest absolute Gasteiger partial charge is 0.303 e. The number of hydrogen-bond donors (Lipinski definition) is 0. The molecule has 3 aromatic heterocycles. The SMILES string of the molecule is c1cc(-c2ccc(Cn3cccn3)cc2)n2nc(Cc3ccc(CCCN4CCCC4)cc3)nc2c1. The molecule has 6 nitrogen and oxygen atoms in total. The number of rotatable bonds is 9. The Morgan fingerprint density at radius 3 is 2.33 bits per heavy atom. The van der Waals surface area contributed by atoms with Crippen LogP contribution in [0.3, 0.4) is 0 Å². The van der Waals surface area contributed by atoms with E-state index in [2.05, 4.69) is 70.7 Å². The van der Waals surface area contributed by atoms with Gasteiger partial charge in [-0.15, -0.1) is 0 Å². The molecule has 182 valence electrons.